The minimum absolute atomic E-state index is 0. The summed E-state index contributed by atoms with van der Waals surface area (Å²) in [6.45, 7) is -0.709. The number of hydrogen-bond acceptors (Lipinski definition) is 4. The third kappa shape index (κ3) is 7.61. The second kappa shape index (κ2) is 5.20. The Labute approximate surface area is 67.5 Å². The van der Waals surface area contributed by atoms with Gasteiger partial charge in [0.25, 0.3) is 0 Å². The number of hydrogen-bond donors (Lipinski definition) is 4. The van der Waals surface area contributed by atoms with E-state index in [1.807, 2.05) is 0 Å². The largest absolute Gasteiger partial charge is 0.480 e. The van der Waals surface area contributed by atoms with E-state index in [0.717, 1.165) is 0 Å². The van der Waals surface area contributed by atoms with Crippen molar-refractivity contribution in [2.75, 3.05) is 6.61 Å². The smallest absolute Gasteiger partial charge is 0.469 e. The quantitative estimate of drug-likeness (QED) is 0.372. The molecule has 0 rings (SSSR count). The van der Waals surface area contributed by atoms with Crippen LogP contribution in [0, 0.1) is 0 Å². The molecule has 0 spiro atoms. The highest BCUT2D eigenvalue weighted by Crippen LogP contribution is 2.35. The molecular weight excluding hydrogens is 193 g/mol. The number of carbonyl (C=O) groups is 1. The molecule has 0 aliphatic carbocycles. The summed E-state index contributed by atoms with van der Waals surface area (Å²) in [4.78, 5) is 26.1. The summed E-state index contributed by atoms with van der Waals surface area (Å²) >= 11 is 0. The van der Waals surface area contributed by atoms with Crippen molar-refractivity contribution in [3.8, 4) is 0 Å². The van der Waals surface area contributed by atoms with Crippen molar-refractivity contribution in [2.24, 2.45) is 5.73 Å². The van der Waals surface area contributed by atoms with Gasteiger partial charge in [0, 0.05) is 0 Å². The van der Waals surface area contributed by atoms with E-state index >= 15 is 0 Å². The molecule has 1 atom stereocenters. The second-order valence-electron chi connectivity index (χ2n) is 1.73. The molecule has 0 amide bonds. The molecule has 0 aliphatic heterocycles. The molecule has 0 heterocycles. The Morgan fingerprint density at radius 2 is 2.00 bits per heavy atom. The summed E-state index contributed by atoms with van der Waals surface area (Å²) in [6, 6.07) is -1.41. The summed E-state index contributed by atoms with van der Waals surface area (Å²) in [6.07, 6.45) is 0. The first-order valence-corrected chi connectivity index (χ1v) is 4.04. The lowest BCUT2D eigenvalue weighted by molar-refractivity contribution is -0.139. The molecule has 7 N–H and O–H groups in total. The maximum atomic E-state index is 9.98. The van der Waals surface area contributed by atoms with Crippen LogP contribution in [0.15, 0.2) is 0 Å². The van der Waals surface area contributed by atoms with Gasteiger partial charge in [-0.3, -0.25) is 9.32 Å². The fourth-order valence-corrected chi connectivity index (χ4v) is 0.603. The first-order valence-electron chi connectivity index (χ1n) is 2.51. The minimum atomic E-state index is -4.60. The van der Waals surface area contributed by atoms with Gasteiger partial charge in [-0.05, 0) is 0 Å². The lowest BCUT2D eigenvalue weighted by atomic mass is 10.3. The van der Waals surface area contributed by atoms with Crippen molar-refractivity contribution < 1.29 is 34.3 Å². The summed E-state index contributed by atoms with van der Waals surface area (Å²) in [5.74, 6) is -1.38. The van der Waals surface area contributed by atoms with Gasteiger partial charge in [0.05, 0.1) is 6.61 Å². The zero-order valence-corrected chi connectivity index (χ0v) is 6.77. The highest BCUT2D eigenvalue weighted by Gasteiger charge is 2.19. The zero-order chi connectivity index (χ0) is 9.07. The molecule has 0 fully saturated rings. The standard InChI is InChI=1S/C3H8NO6P.H2O/c4-2(3(5)6)1-10-11(7,8)9;/h2H,1,4H2,(H,5,6)(H2,7,8,9);1H2/t2-;/m0./s1. The fourth-order valence-electron chi connectivity index (χ4n) is 0.249. The van der Waals surface area contributed by atoms with Gasteiger partial charge in [0.1, 0.15) is 6.04 Å². The molecule has 0 unspecified atom stereocenters. The zero-order valence-electron chi connectivity index (χ0n) is 5.88. The molecular formula is C3H10NO7P. The highest BCUT2D eigenvalue weighted by atomic mass is 31.2. The predicted molar refractivity (Wildman–Crippen MR) is 37.2 cm³/mol. The first-order chi connectivity index (χ1) is 4.83. The molecule has 12 heavy (non-hydrogen) atoms. The average molecular weight is 203 g/mol. The van der Waals surface area contributed by atoms with Crippen LogP contribution >= 0.6 is 7.82 Å². The van der Waals surface area contributed by atoms with Gasteiger partial charge in [-0.2, -0.15) is 0 Å². The second-order valence-corrected chi connectivity index (χ2v) is 2.97. The molecule has 0 aromatic carbocycles. The molecule has 8 nitrogen and oxygen atoms in total. The number of aliphatic carboxylic acids is 1. The third-order valence-corrected chi connectivity index (χ3v) is 1.22. The number of nitrogens with two attached hydrogens (primary N) is 1. The van der Waals surface area contributed by atoms with Gasteiger partial charge in [-0.1, -0.05) is 0 Å². The van der Waals surface area contributed by atoms with Crippen LogP contribution < -0.4 is 5.73 Å². The van der Waals surface area contributed by atoms with E-state index in [4.69, 9.17) is 20.6 Å². The number of phosphoric acid groups is 1. The van der Waals surface area contributed by atoms with Crippen LogP contribution in [0.25, 0.3) is 0 Å². The van der Waals surface area contributed by atoms with Gasteiger partial charge >= 0.3 is 13.8 Å². The van der Waals surface area contributed by atoms with Crippen LogP contribution in [0.2, 0.25) is 0 Å². The number of carboxylic acids is 1. The maximum absolute atomic E-state index is 9.98. The van der Waals surface area contributed by atoms with Crippen molar-refractivity contribution in [1.82, 2.24) is 0 Å². The van der Waals surface area contributed by atoms with Crippen molar-refractivity contribution in [1.29, 1.82) is 0 Å². The Bertz CT molecular complexity index is 187. The lowest BCUT2D eigenvalue weighted by Crippen LogP contribution is -2.34. The Morgan fingerprint density at radius 1 is 1.58 bits per heavy atom. The number of rotatable bonds is 4. The van der Waals surface area contributed by atoms with E-state index in [1.165, 1.54) is 0 Å². The van der Waals surface area contributed by atoms with Crippen LogP contribution in [0.1, 0.15) is 0 Å². The molecule has 0 saturated heterocycles. The van der Waals surface area contributed by atoms with Crippen LogP contribution in [0.5, 0.6) is 0 Å². The summed E-state index contributed by atoms with van der Waals surface area (Å²) in [7, 11) is -4.60. The summed E-state index contributed by atoms with van der Waals surface area (Å²) < 4.78 is 13.8. The van der Waals surface area contributed by atoms with Crippen LogP contribution in [0.4, 0.5) is 0 Å². The van der Waals surface area contributed by atoms with Crippen LogP contribution in [-0.4, -0.2) is 39.0 Å². The van der Waals surface area contributed by atoms with E-state index in [-0.39, 0.29) is 5.48 Å². The van der Waals surface area contributed by atoms with Crippen molar-refractivity contribution in [3.63, 3.8) is 0 Å². The van der Waals surface area contributed by atoms with Gasteiger partial charge < -0.3 is 26.1 Å². The van der Waals surface area contributed by atoms with Crippen LogP contribution in [0.3, 0.4) is 0 Å². The van der Waals surface area contributed by atoms with Crippen LogP contribution in [-0.2, 0) is 13.9 Å². The van der Waals surface area contributed by atoms with E-state index in [9.17, 15) is 9.36 Å². The molecule has 9 heteroatoms. The molecule has 0 bridgehead atoms. The van der Waals surface area contributed by atoms with E-state index in [0.29, 0.717) is 0 Å². The lowest BCUT2D eigenvalue weighted by Gasteiger charge is -2.07. The van der Waals surface area contributed by atoms with Gasteiger partial charge in [0.15, 0.2) is 0 Å². The number of carboxylic acid groups (broad SMARTS) is 1. The molecule has 0 aromatic rings. The van der Waals surface area contributed by atoms with E-state index in [2.05, 4.69) is 4.52 Å². The minimum Gasteiger partial charge on any atom is -0.480 e. The molecule has 0 aliphatic rings. The van der Waals surface area contributed by atoms with Gasteiger partial charge in [0.2, 0.25) is 0 Å². The van der Waals surface area contributed by atoms with Crippen molar-refractivity contribution in [2.45, 2.75) is 6.04 Å². The van der Waals surface area contributed by atoms with Gasteiger partial charge in [-0.25, -0.2) is 4.57 Å². The highest BCUT2D eigenvalue weighted by molar-refractivity contribution is 7.46. The molecule has 74 valence electrons. The Morgan fingerprint density at radius 3 is 2.25 bits per heavy atom. The van der Waals surface area contributed by atoms with Crippen molar-refractivity contribution >= 4 is 13.8 Å². The van der Waals surface area contributed by atoms with E-state index in [1.54, 1.807) is 0 Å². The Hall–Kier alpha value is -0.500. The summed E-state index contributed by atoms with van der Waals surface area (Å²) in [5, 5.41) is 8.12. The molecule has 0 saturated carbocycles. The maximum Gasteiger partial charge on any atom is 0.469 e. The third-order valence-electron chi connectivity index (χ3n) is 0.739. The monoisotopic (exact) mass is 203 g/mol. The summed E-state index contributed by atoms with van der Waals surface area (Å²) in [5.41, 5.74) is 4.86. The Balaban J connectivity index is 0. The predicted octanol–water partition coefficient (Wildman–Crippen LogP) is -2.32. The van der Waals surface area contributed by atoms with Gasteiger partial charge in [-0.15, -0.1) is 0 Å². The molecule has 0 aromatic heterocycles. The normalized spacial score (nSPS) is 13.2. The topological polar surface area (TPSA) is 162 Å². The fraction of sp³-hybridized carbons (Fsp3) is 0.667. The first kappa shape index (κ1) is 14.0. The Kier molecular flexibility index (Phi) is 6.09. The average Bonchev–Trinajstić information content (AvgIpc) is 1.80. The molecule has 0 radical (unpaired) electrons. The SMILES string of the molecule is N[C@@H](COP(=O)(O)O)C(=O)O.O. The van der Waals surface area contributed by atoms with E-state index < -0.39 is 26.4 Å². The number of phosphoric ester groups is 1. The van der Waals surface area contributed by atoms with Crippen molar-refractivity contribution in [3.05, 3.63) is 0 Å².